The van der Waals surface area contributed by atoms with Crippen molar-refractivity contribution in [3.05, 3.63) is 59.4 Å². The van der Waals surface area contributed by atoms with Crippen LogP contribution in [-0.4, -0.2) is 23.8 Å². The van der Waals surface area contributed by atoms with E-state index in [1.807, 2.05) is 0 Å². The molecular weight excluding hydrogens is 319 g/mol. The Bertz CT molecular complexity index is 802. The number of carbonyl (C=O) groups excluding carboxylic acids is 2. The van der Waals surface area contributed by atoms with E-state index in [1.165, 1.54) is 25.1 Å². The van der Waals surface area contributed by atoms with Crippen LogP contribution in [0.3, 0.4) is 0 Å². The topological polar surface area (TPSA) is 72.2 Å². The van der Waals surface area contributed by atoms with Crippen LogP contribution >= 0.6 is 0 Å². The molecule has 2 atom stereocenters. The van der Waals surface area contributed by atoms with Gasteiger partial charge in [0.15, 0.2) is 5.78 Å². The van der Waals surface area contributed by atoms with Crippen LogP contribution in [0.25, 0.3) is 11.1 Å². The minimum atomic E-state index is -0.403. The van der Waals surface area contributed by atoms with E-state index in [2.05, 4.69) is 5.32 Å². The van der Waals surface area contributed by atoms with Gasteiger partial charge in [0, 0.05) is 23.2 Å². The van der Waals surface area contributed by atoms with Crippen molar-refractivity contribution in [2.75, 3.05) is 0 Å². The summed E-state index contributed by atoms with van der Waals surface area (Å²) in [6.45, 7) is 1.45. The summed E-state index contributed by atoms with van der Waals surface area (Å²) >= 11 is 0. The number of halogens is 1. The highest BCUT2D eigenvalue weighted by atomic mass is 19.1. The third-order valence-electron chi connectivity index (χ3n) is 4.63. The Morgan fingerprint density at radius 3 is 2.44 bits per heavy atom. The summed E-state index contributed by atoms with van der Waals surface area (Å²) in [5.41, 5.74) is 8.08. The summed E-state index contributed by atoms with van der Waals surface area (Å²) in [6.07, 6.45) is 2.63. The van der Waals surface area contributed by atoms with Crippen molar-refractivity contribution in [1.82, 2.24) is 5.32 Å². The lowest BCUT2D eigenvalue weighted by Gasteiger charge is -2.13. The molecule has 0 aliphatic heterocycles. The average molecular weight is 340 g/mol. The fourth-order valence-corrected chi connectivity index (χ4v) is 3.28. The van der Waals surface area contributed by atoms with Crippen LogP contribution in [0.2, 0.25) is 0 Å². The van der Waals surface area contributed by atoms with E-state index in [4.69, 9.17) is 5.73 Å². The number of nitrogens with two attached hydrogens (primary N) is 1. The molecule has 3 rings (SSSR count). The monoisotopic (exact) mass is 340 g/mol. The van der Waals surface area contributed by atoms with Gasteiger partial charge in [-0.05, 0) is 67.6 Å². The summed E-state index contributed by atoms with van der Waals surface area (Å²) in [6, 6.07) is 11.2. The van der Waals surface area contributed by atoms with Gasteiger partial charge in [0.1, 0.15) is 5.82 Å². The van der Waals surface area contributed by atoms with Crippen molar-refractivity contribution in [2.24, 2.45) is 5.73 Å². The standard InChI is InChI=1S/C20H21FN2O2/c1-12(24)18-9-6-15(21)10-19(18)13-2-4-14(5-3-13)20(25)23-17-8-7-16(22)11-17/h2-6,9-10,16-17H,7-8,11,22H2,1H3,(H,23,25)/t16-,17+/m1/s1. The van der Waals surface area contributed by atoms with E-state index in [0.29, 0.717) is 22.3 Å². The van der Waals surface area contributed by atoms with Crippen molar-refractivity contribution >= 4 is 11.7 Å². The van der Waals surface area contributed by atoms with Gasteiger partial charge in [0.05, 0.1) is 0 Å². The molecule has 3 N–H and O–H groups in total. The lowest BCUT2D eigenvalue weighted by atomic mass is 9.96. The molecular formula is C20H21FN2O2. The number of rotatable bonds is 4. The number of carbonyl (C=O) groups is 2. The number of Topliss-reactive ketones (excluding diaryl/α,β-unsaturated/α-hetero) is 1. The van der Waals surface area contributed by atoms with Crippen molar-refractivity contribution in [1.29, 1.82) is 0 Å². The summed E-state index contributed by atoms with van der Waals surface area (Å²) < 4.78 is 13.6. The second kappa shape index (κ2) is 7.15. The molecule has 0 bridgehead atoms. The Labute approximate surface area is 146 Å². The summed E-state index contributed by atoms with van der Waals surface area (Å²) in [7, 11) is 0. The summed E-state index contributed by atoms with van der Waals surface area (Å²) in [5.74, 6) is -0.675. The van der Waals surface area contributed by atoms with E-state index >= 15 is 0 Å². The summed E-state index contributed by atoms with van der Waals surface area (Å²) in [5, 5.41) is 2.99. The van der Waals surface area contributed by atoms with Crippen LogP contribution < -0.4 is 11.1 Å². The third-order valence-corrected chi connectivity index (χ3v) is 4.63. The SMILES string of the molecule is CC(=O)c1ccc(F)cc1-c1ccc(C(=O)N[C@H]2CC[C@@H](N)C2)cc1. The molecule has 1 fully saturated rings. The summed E-state index contributed by atoms with van der Waals surface area (Å²) in [4.78, 5) is 24.1. The molecule has 4 nitrogen and oxygen atoms in total. The fourth-order valence-electron chi connectivity index (χ4n) is 3.28. The van der Waals surface area contributed by atoms with Crippen molar-refractivity contribution < 1.29 is 14.0 Å². The molecule has 0 unspecified atom stereocenters. The highest BCUT2D eigenvalue weighted by Crippen LogP contribution is 2.26. The predicted molar refractivity (Wildman–Crippen MR) is 94.9 cm³/mol. The number of nitrogens with one attached hydrogen (secondary N) is 1. The molecule has 0 saturated heterocycles. The van der Waals surface area contributed by atoms with Gasteiger partial charge in [-0.15, -0.1) is 0 Å². The normalized spacial score (nSPS) is 19.6. The number of amides is 1. The Morgan fingerprint density at radius 1 is 1.12 bits per heavy atom. The van der Waals surface area contributed by atoms with E-state index in [-0.39, 0.29) is 23.8 Å². The van der Waals surface area contributed by atoms with Gasteiger partial charge in [-0.25, -0.2) is 4.39 Å². The first kappa shape index (κ1) is 17.3. The van der Waals surface area contributed by atoms with Crippen LogP contribution in [0.1, 0.15) is 46.9 Å². The van der Waals surface area contributed by atoms with Crippen molar-refractivity contribution in [3.63, 3.8) is 0 Å². The Kier molecular flexibility index (Phi) is 4.95. The molecule has 0 aromatic heterocycles. The molecule has 1 amide bonds. The molecule has 1 aliphatic rings. The molecule has 1 aliphatic carbocycles. The highest BCUT2D eigenvalue weighted by molar-refractivity contribution is 6.01. The quantitative estimate of drug-likeness (QED) is 0.839. The molecule has 0 spiro atoms. The molecule has 5 heteroatoms. The molecule has 2 aromatic rings. The third kappa shape index (κ3) is 3.94. The van der Waals surface area contributed by atoms with E-state index in [0.717, 1.165) is 19.3 Å². The van der Waals surface area contributed by atoms with Crippen LogP contribution in [0.15, 0.2) is 42.5 Å². The van der Waals surface area contributed by atoms with Crippen LogP contribution in [0.4, 0.5) is 4.39 Å². The Morgan fingerprint density at radius 2 is 1.84 bits per heavy atom. The zero-order chi connectivity index (χ0) is 18.0. The lowest BCUT2D eigenvalue weighted by Crippen LogP contribution is -2.33. The van der Waals surface area contributed by atoms with Crippen molar-refractivity contribution in [2.45, 2.75) is 38.3 Å². The maximum absolute atomic E-state index is 13.6. The van der Waals surface area contributed by atoms with Gasteiger partial charge in [-0.3, -0.25) is 9.59 Å². The first-order valence-electron chi connectivity index (χ1n) is 8.41. The molecule has 0 heterocycles. The zero-order valence-corrected chi connectivity index (χ0v) is 14.1. The number of ketones is 1. The fraction of sp³-hybridized carbons (Fsp3) is 0.300. The van der Waals surface area contributed by atoms with Crippen molar-refractivity contribution in [3.8, 4) is 11.1 Å². The minimum absolute atomic E-state index is 0.120. The average Bonchev–Trinajstić information content (AvgIpc) is 2.99. The van der Waals surface area contributed by atoms with Gasteiger partial charge in [0.2, 0.25) is 0 Å². The molecule has 130 valence electrons. The molecule has 1 saturated carbocycles. The van der Waals surface area contributed by atoms with Crippen LogP contribution in [0.5, 0.6) is 0 Å². The predicted octanol–water partition coefficient (Wildman–Crippen LogP) is 3.30. The second-order valence-corrected chi connectivity index (χ2v) is 6.57. The first-order valence-corrected chi connectivity index (χ1v) is 8.41. The Balaban J connectivity index is 1.80. The number of hydrogen-bond donors (Lipinski definition) is 2. The van der Waals surface area contributed by atoms with E-state index in [9.17, 15) is 14.0 Å². The highest BCUT2D eigenvalue weighted by Gasteiger charge is 2.23. The lowest BCUT2D eigenvalue weighted by molar-refractivity contribution is 0.0936. The largest absolute Gasteiger partial charge is 0.349 e. The number of hydrogen-bond acceptors (Lipinski definition) is 3. The maximum Gasteiger partial charge on any atom is 0.251 e. The van der Waals surface area contributed by atoms with Gasteiger partial charge < -0.3 is 11.1 Å². The minimum Gasteiger partial charge on any atom is -0.349 e. The van der Waals surface area contributed by atoms with Gasteiger partial charge in [-0.2, -0.15) is 0 Å². The van der Waals surface area contributed by atoms with Gasteiger partial charge in [0.25, 0.3) is 5.91 Å². The van der Waals surface area contributed by atoms with Crippen LogP contribution in [-0.2, 0) is 0 Å². The van der Waals surface area contributed by atoms with E-state index < -0.39 is 5.82 Å². The van der Waals surface area contributed by atoms with Gasteiger partial charge in [-0.1, -0.05) is 12.1 Å². The smallest absolute Gasteiger partial charge is 0.251 e. The van der Waals surface area contributed by atoms with Gasteiger partial charge >= 0.3 is 0 Å². The number of benzene rings is 2. The zero-order valence-electron chi connectivity index (χ0n) is 14.1. The Hall–Kier alpha value is -2.53. The van der Waals surface area contributed by atoms with E-state index in [1.54, 1.807) is 24.3 Å². The first-order chi connectivity index (χ1) is 11.9. The maximum atomic E-state index is 13.6. The van der Waals surface area contributed by atoms with Crippen LogP contribution in [0, 0.1) is 5.82 Å². The second-order valence-electron chi connectivity index (χ2n) is 6.57. The molecule has 2 aromatic carbocycles. The molecule has 25 heavy (non-hydrogen) atoms. The molecule has 0 radical (unpaired) electrons.